The molecular formula is C15H19N3O2S. The number of hydrogen-bond acceptors (Lipinski definition) is 5. The SMILES string of the molecule is CCNC(=O)c1ccc(N)cc1OCCc1scnc1C. The van der Waals surface area contributed by atoms with Crippen LogP contribution in [0.15, 0.2) is 23.7 Å². The first-order valence-electron chi connectivity index (χ1n) is 6.81. The van der Waals surface area contributed by atoms with E-state index in [0.717, 1.165) is 12.1 Å². The Morgan fingerprint density at radius 1 is 1.48 bits per heavy atom. The van der Waals surface area contributed by atoms with Gasteiger partial charge in [0.05, 0.1) is 23.4 Å². The maximum atomic E-state index is 12.0. The van der Waals surface area contributed by atoms with Gasteiger partial charge in [0.1, 0.15) is 5.75 Å². The fraction of sp³-hybridized carbons (Fsp3) is 0.333. The van der Waals surface area contributed by atoms with Crippen molar-refractivity contribution in [2.75, 3.05) is 18.9 Å². The smallest absolute Gasteiger partial charge is 0.255 e. The van der Waals surface area contributed by atoms with Gasteiger partial charge in [0, 0.05) is 29.6 Å². The van der Waals surface area contributed by atoms with E-state index < -0.39 is 0 Å². The second kappa shape index (κ2) is 7.08. The summed E-state index contributed by atoms with van der Waals surface area (Å²) in [5, 5.41) is 2.77. The lowest BCUT2D eigenvalue weighted by Gasteiger charge is -2.12. The Bertz CT molecular complexity index is 625. The second-order valence-electron chi connectivity index (χ2n) is 4.57. The van der Waals surface area contributed by atoms with Gasteiger partial charge < -0.3 is 15.8 Å². The molecule has 0 aliphatic carbocycles. The van der Waals surface area contributed by atoms with Crippen molar-refractivity contribution < 1.29 is 9.53 Å². The van der Waals surface area contributed by atoms with Crippen molar-refractivity contribution in [2.24, 2.45) is 0 Å². The van der Waals surface area contributed by atoms with Crippen LogP contribution in [0.25, 0.3) is 0 Å². The number of nitrogens with one attached hydrogen (secondary N) is 1. The number of hydrogen-bond donors (Lipinski definition) is 2. The summed E-state index contributed by atoms with van der Waals surface area (Å²) in [6, 6.07) is 5.07. The molecule has 1 amide bonds. The molecule has 21 heavy (non-hydrogen) atoms. The first kappa shape index (κ1) is 15.3. The van der Waals surface area contributed by atoms with E-state index in [9.17, 15) is 4.79 Å². The van der Waals surface area contributed by atoms with E-state index in [1.165, 1.54) is 4.88 Å². The average Bonchev–Trinajstić information content (AvgIpc) is 2.85. The van der Waals surface area contributed by atoms with Crippen LogP contribution in [0.3, 0.4) is 0 Å². The minimum absolute atomic E-state index is 0.151. The summed E-state index contributed by atoms with van der Waals surface area (Å²) in [5.74, 6) is 0.365. The number of thiazole rings is 1. The third-order valence-corrected chi connectivity index (χ3v) is 4.01. The molecule has 2 aromatic rings. The Morgan fingerprint density at radius 3 is 2.95 bits per heavy atom. The number of carbonyl (C=O) groups is 1. The summed E-state index contributed by atoms with van der Waals surface area (Å²) in [5.41, 5.74) is 9.71. The number of aryl methyl sites for hydroxylation is 1. The zero-order valence-corrected chi connectivity index (χ0v) is 13.0. The Balaban J connectivity index is 2.06. The number of nitrogen functional groups attached to an aromatic ring is 1. The van der Waals surface area contributed by atoms with Gasteiger partial charge in [-0.15, -0.1) is 11.3 Å². The van der Waals surface area contributed by atoms with Crippen LogP contribution in [-0.2, 0) is 6.42 Å². The number of nitrogens with zero attached hydrogens (tertiary/aromatic N) is 1. The molecule has 0 saturated heterocycles. The van der Waals surface area contributed by atoms with E-state index in [-0.39, 0.29) is 5.91 Å². The van der Waals surface area contributed by atoms with Crippen LogP contribution in [0.1, 0.15) is 27.9 Å². The molecule has 1 aromatic carbocycles. The van der Waals surface area contributed by atoms with E-state index in [2.05, 4.69) is 10.3 Å². The molecule has 0 radical (unpaired) electrons. The summed E-state index contributed by atoms with van der Waals surface area (Å²) in [7, 11) is 0. The van der Waals surface area contributed by atoms with Crippen LogP contribution in [0.5, 0.6) is 5.75 Å². The summed E-state index contributed by atoms with van der Waals surface area (Å²) in [4.78, 5) is 17.4. The predicted octanol–water partition coefficient (Wildman–Crippen LogP) is 2.40. The number of amides is 1. The van der Waals surface area contributed by atoms with Gasteiger partial charge in [-0.25, -0.2) is 4.98 Å². The molecule has 0 aliphatic rings. The molecule has 5 nitrogen and oxygen atoms in total. The van der Waals surface area contributed by atoms with E-state index in [1.807, 2.05) is 19.4 Å². The van der Waals surface area contributed by atoms with Crippen molar-refractivity contribution in [1.82, 2.24) is 10.3 Å². The average molecular weight is 305 g/mol. The Morgan fingerprint density at radius 2 is 2.29 bits per heavy atom. The van der Waals surface area contributed by atoms with Gasteiger partial charge in [-0.3, -0.25) is 4.79 Å². The third kappa shape index (κ3) is 3.95. The zero-order chi connectivity index (χ0) is 15.2. The molecule has 1 heterocycles. The second-order valence-corrected chi connectivity index (χ2v) is 5.51. The zero-order valence-electron chi connectivity index (χ0n) is 12.2. The Kier molecular flexibility index (Phi) is 5.16. The minimum atomic E-state index is -0.151. The maximum Gasteiger partial charge on any atom is 0.255 e. The quantitative estimate of drug-likeness (QED) is 0.803. The highest BCUT2D eigenvalue weighted by molar-refractivity contribution is 7.09. The normalized spacial score (nSPS) is 10.4. The molecule has 0 atom stereocenters. The van der Waals surface area contributed by atoms with E-state index >= 15 is 0 Å². The molecule has 0 spiro atoms. The molecule has 0 unspecified atom stereocenters. The van der Waals surface area contributed by atoms with Crippen LogP contribution in [-0.4, -0.2) is 24.0 Å². The van der Waals surface area contributed by atoms with Crippen LogP contribution in [0.2, 0.25) is 0 Å². The minimum Gasteiger partial charge on any atom is -0.492 e. The van der Waals surface area contributed by atoms with Crippen LogP contribution >= 0.6 is 11.3 Å². The van der Waals surface area contributed by atoms with Crippen molar-refractivity contribution in [3.05, 3.63) is 39.8 Å². The number of nitrogens with two attached hydrogens (primary N) is 1. The molecule has 0 saturated carbocycles. The highest BCUT2D eigenvalue weighted by Crippen LogP contribution is 2.22. The maximum absolute atomic E-state index is 12.0. The highest BCUT2D eigenvalue weighted by atomic mass is 32.1. The van der Waals surface area contributed by atoms with Gasteiger partial charge in [-0.1, -0.05) is 0 Å². The summed E-state index contributed by atoms with van der Waals surface area (Å²) in [6.07, 6.45) is 0.764. The van der Waals surface area contributed by atoms with Gasteiger partial charge in [0.15, 0.2) is 0 Å². The molecule has 0 fully saturated rings. The first-order valence-corrected chi connectivity index (χ1v) is 7.69. The molecule has 1 aromatic heterocycles. The van der Waals surface area contributed by atoms with Crippen molar-refractivity contribution in [3.63, 3.8) is 0 Å². The molecule has 0 bridgehead atoms. The molecule has 3 N–H and O–H groups in total. The van der Waals surface area contributed by atoms with E-state index in [1.54, 1.807) is 29.5 Å². The molecular weight excluding hydrogens is 286 g/mol. The first-order chi connectivity index (χ1) is 10.1. The van der Waals surface area contributed by atoms with Crippen LogP contribution in [0, 0.1) is 6.92 Å². The van der Waals surface area contributed by atoms with E-state index in [4.69, 9.17) is 10.5 Å². The van der Waals surface area contributed by atoms with Gasteiger partial charge >= 0.3 is 0 Å². The van der Waals surface area contributed by atoms with Crippen LogP contribution in [0.4, 0.5) is 5.69 Å². The Hall–Kier alpha value is -2.08. The largest absolute Gasteiger partial charge is 0.492 e. The van der Waals surface area contributed by atoms with Crippen LogP contribution < -0.4 is 15.8 Å². The Labute approximate surface area is 128 Å². The third-order valence-electron chi connectivity index (χ3n) is 3.02. The van der Waals surface area contributed by atoms with Gasteiger partial charge in [-0.2, -0.15) is 0 Å². The lowest BCUT2D eigenvalue weighted by atomic mass is 10.1. The van der Waals surface area contributed by atoms with Gasteiger partial charge in [0.25, 0.3) is 5.91 Å². The van der Waals surface area contributed by atoms with Crippen molar-refractivity contribution in [3.8, 4) is 5.75 Å². The highest BCUT2D eigenvalue weighted by Gasteiger charge is 2.12. The summed E-state index contributed by atoms with van der Waals surface area (Å²) in [6.45, 7) is 4.91. The number of rotatable bonds is 6. The lowest BCUT2D eigenvalue weighted by molar-refractivity contribution is 0.0952. The standard InChI is InChI=1S/C15H19N3O2S/c1-3-17-15(19)12-5-4-11(16)8-13(12)20-7-6-14-10(2)18-9-21-14/h4-5,8-9H,3,6-7,16H2,1-2H3,(H,17,19). The topological polar surface area (TPSA) is 77.2 Å². The number of ether oxygens (including phenoxy) is 1. The van der Waals surface area contributed by atoms with Crippen molar-refractivity contribution in [1.29, 1.82) is 0 Å². The van der Waals surface area contributed by atoms with Crippen molar-refractivity contribution >= 4 is 22.9 Å². The fourth-order valence-corrected chi connectivity index (χ4v) is 2.68. The molecule has 6 heteroatoms. The fourth-order valence-electron chi connectivity index (χ4n) is 1.92. The molecule has 112 valence electrons. The number of benzene rings is 1. The predicted molar refractivity (Wildman–Crippen MR) is 84.9 cm³/mol. The summed E-state index contributed by atoms with van der Waals surface area (Å²) >= 11 is 1.61. The van der Waals surface area contributed by atoms with Gasteiger partial charge in [-0.05, 0) is 26.0 Å². The number of carbonyl (C=O) groups excluding carboxylic acids is 1. The lowest BCUT2D eigenvalue weighted by Crippen LogP contribution is -2.23. The van der Waals surface area contributed by atoms with Gasteiger partial charge in [0.2, 0.25) is 0 Å². The van der Waals surface area contributed by atoms with E-state index in [0.29, 0.717) is 30.2 Å². The molecule has 2 rings (SSSR count). The number of aromatic nitrogens is 1. The monoisotopic (exact) mass is 305 g/mol. The summed E-state index contributed by atoms with van der Waals surface area (Å²) < 4.78 is 5.75. The number of anilines is 1. The molecule has 0 aliphatic heterocycles. The van der Waals surface area contributed by atoms with Crippen molar-refractivity contribution in [2.45, 2.75) is 20.3 Å².